The van der Waals surface area contributed by atoms with Crippen molar-refractivity contribution in [3.63, 3.8) is 0 Å². The first-order valence-electron chi connectivity index (χ1n) is 27.0. The average Bonchev–Trinajstić information content (AvgIpc) is 4.05. The molecule has 0 aliphatic carbocycles. The van der Waals surface area contributed by atoms with Crippen LogP contribution in [0.15, 0.2) is 9.98 Å². The second-order valence-corrected chi connectivity index (χ2v) is 35.0. The number of likely N-dealkylation sites (N-methyl/N-ethyl adjacent to an activating group) is 1. The third kappa shape index (κ3) is 33.6. The van der Waals surface area contributed by atoms with Gasteiger partial charge in [0.15, 0.2) is 0 Å². The molecule has 2 saturated heterocycles. The first-order chi connectivity index (χ1) is 34.9. The Hall–Kier alpha value is -1.27. The molecule has 0 amide bonds. The monoisotopic (exact) mass is 1170 g/mol. The van der Waals surface area contributed by atoms with E-state index >= 15 is 0 Å². The van der Waals surface area contributed by atoms with E-state index in [-0.39, 0.29) is 6.04 Å². The number of piperidine rings is 1. The maximum Gasteiger partial charge on any atom is 0.705 e. The molecule has 4 heterocycles. The number of piperazine rings is 1. The maximum absolute atomic E-state index is 11.2. The highest BCUT2D eigenvalue weighted by atomic mass is 35.8. The Bertz CT molecular complexity index is 1450. The van der Waals surface area contributed by atoms with Gasteiger partial charge in [0.05, 0.1) is 31.8 Å². The summed E-state index contributed by atoms with van der Waals surface area (Å²) in [6.07, 6.45) is 11.4. The predicted octanol–water partition coefficient (Wildman–Crippen LogP) is 7.70. The molecule has 73 heavy (non-hydrogen) atoms. The number of aliphatic imine (C=N–C) groups is 2. The van der Waals surface area contributed by atoms with E-state index in [1.807, 2.05) is 52.8 Å². The molecule has 0 unspecified atom stereocenters. The Labute approximate surface area is 458 Å². The van der Waals surface area contributed by atoms with Crippen molar-refractivity contribution in [2.45, 2.75) is 138 Å². The highest BCUT2D eigenvalue weighted by Gasteiger charge is 2.51. The zero-order valence-electron chi connectivity index (χ0n) is 46.4. The third-order valence-corrected chi connectivity index (χ3v) is 23.4. The van der Waals surface area contributed by atoms with Crippen molar-refractivity contribution in [3.05, 3.63) is 0 Å². The lowest BCUT2D eigenvalue weighted by Crippen LogP contribution is -2.49. The van der Waals surface area contributed by atoms with Crippen LogP contribution in [0, 0.1) is 0 Å². The Morgan fingerprint density at radius 3 is 1.08 bits per heavy atom. The molecule has 428 valence electrons. The van der Waals surface area contributed by atoms with Gasteiger partial charge in [-0.25, -0.2) is 0 Å². The standard InChI is InChI=1S/C15H34N2O3Si.C14H31NO3Si.C12H20N2O6Si.C6H11Cl3N2Si/c1-5-16-11-13-17(14-12-16)10-9-15-21(18-6-2,19-7-3)20-8-4;1-4-16-19(17-5-2,18-6-3)14-10-13-15-11-8-7-9-12-15;1-10(15)18-21(19-11(2)16,20-12(3)17)8-4-6-14-7-5-13-9-14;7-12(8,9)5-1-3-11-4-2-10-6-11/h5-15H2,1-4H3;4-14H2,1-3H3;9H,4-8H2,1-3H3;6H,1-5H2. The molecule has 0 aromatic heterocycles. The van der Waals surface area contributed by atoms with Crippen LogP contribution in [0.3, 0.4) is 0 Å². The van der Waals surface area contributed by atoms with Crippen LogP contribution in [0.4, 0.5) is 0 Å². The normalized spacial score (nSPS) is 16.8. The second kappa shape index (κ2) is 40.9. The van der Waals surface area contributed by atoms with Crippen LogP contribution in [0.25, 0.3) is 0 Å². The largest absolute Gasteiger partial charge is 0.705 e. The van der Waals surface area contributed by atoms with Gasteiger partial charge in [-0.05, 0) is 119 Å². The Kier molecular flexibility index (Phi) is 39.0. The Balaban J connectivity index is 0.000000495. The van der Waals surface area contributed by atoms with Crippen LogP contribution in [0.1, 0.15) is 114 Å². The first kappa shape index (κ1) is 69.7. The lowest BCUT2D eigenvalue weighted by atomic mass is 10.1. The van der Waals surface area contributed by atoms with Gasteiger partial charge in [0.1, 0.15) is 0 Å². The minimum Gasteiger partial charge on any atom is -0.455 e. The molecule has 0 saturated carbocycles. The number of hydrogen-bond donors (Lipinski definition) is 0. The van der Waals surface area contributed by atoms with Gasteiger partial charge in [0, 0.05) is 125 Å². The first-order valence-corrected chi connectivity index (χ1v) is 38.0. The summed E-state index contributed by atoms with van der Waals surface area (Å²) in [7, 11) is -8.52. The summed E-state index contributed by atoms with van der Waals surface area (Å²) >= 11 is 17.2. The van der Waals surface area contributed by atoms with E-state index < -0.39 is 50.3 Å². The summed E-state index contributed by atoms with van der Waals surface area (Å²) in [5.41, 5.74) is 0. The second-order valence-electron chi connectivity index (χ2n) is 17.8. The molecular weight excluding hydrogens is 1070 g/mol. The van der Waals surface area contributed by atoms with Crippen LogP contribution in [0.2, 0.25) is 24.2 Å². The van der Waals surface area contributed by atoms with E-state index in [1.54, 1.807) is 6.34 Å². The predicted molar refractivity (Wildman–Crippen MR) is 302 cm³/mol. The van der Waals surface area contributed by atoms with Crippen LogP contribution in [0.5, 0.6) is 0 Å². The molecule has 0 aromatic carbocycles. The fraction of sp³-hybridized carbons (Fsp3) is 0.894. The smallest absolute Gasteiger partial charge is 0.455 e. The molecule has 26 heteroatoms. The van der Waals surface area contributed by atoms with Crippen LogP contribution < -0.4 is 0 Å². The molecule has 0 aromatic rings. The summed E-state index contributed by atoms with van der Waals surface area (Å²) in [5.74, 6) is -1.94. The minimum absolute atomic E-state index is 0.191. The Morgan fingerprint density at radius 2 is 0.767 bits per heavy atom. The number of hydrogen-bond acceptors (Lipinski definition) is 19. The van der Waals surface area contributed by atoms with Crippen LogP contribution in [-0.2, 0) is 54.2 Å². The topological polar surface area (TPSA) is 175 Å². The van der Waals surface area contributed by atoms with E-state index in [2.05, 4.69) is 36.5 Å². The molecule has 0 radical (unpaired) electrons. The van der Waals surface area contributed by atoms with Gasteiger partial charge >= 0.3 is 32.4 Å². The molecule has 0 spiro atoms. The van der Waals surface area contributed by atoms with E-state index in [9.17, 15) is 14.4 Å². The molecule has 4 aliphatic heterocycles. The third-order valence-electron chi connectivity index (χ3n) is 11.7. The average molecular weight is 1170 g/mol. The van der Waals surface area contributed by atoms with Crippen LogP contribution >= 0.6 is 33.2 Å². The number of carbonyl (C=O) groups excluding carboxylic acids is 3. The summed E-state index contributed by atoms with van der Waals surface area (Å²) in [6.45, 7) is 37.8. The van der Waals surface area contributed by atoms with Gasteiger partial charge in [-0.1, -0.05) is 13.3 Å². The molecule has 0 atom stereocenters. The van der Waals surface area contributed by atoms with E-state index in [1.165, 1.54) is 85.8 Å². The van der Waals surface area contributed by atoms with Gasteiger partial charge in [-0.15, -0.1) is 33.2 Å². The zero-order valence-corrected chi connectivity index (χ0v) is 52.7. The van der Waals surface area contributed by atoms with Gasteiger partial charge in [-0.2, -0.15) is 0 Å². The minimum atomic E-state index is -3.68. The lowest BCUT2D eigenvalue weighted by molar-refractivity contribution is -0.147. The molecular formula is C47H96Cl3N7O12Si4. The quantitative estimate of drug-likeness (QED) is 0.0473. The number of halogens is 3. The summed E-state index contributed by atoms with van der Waals surface area (Å²) in [5, 5.41) is 0. The molecule has 0 bridgehead atoms. The summed E-state index contributed by atoms with van der Waals surface area (Å²) < 4.78 is 50.6. The van der Waals surface area contributed by atoms with Gasteiger partial charge in [0.2, 0.25) is 0 Å². The van der Waals surface area contributed by atoms with E-state index in [0.29, 0.717) is 52.6 Å². The van der Waals surface area contributed by atoms with Crippen molar-refractivity contribution in [2.24, 2.45) is 9.98 Å². The van der Waals surface area contributed by atoms with E-state index in [4.69, 9.17) is 73.1 Å². The van der Waals surface area contributed by atoms with Gasteiger partial charge < -0.3 is 64.3 Å². The van der Waals surface area contributed by atoms with Crippen molar-refractivity contribution in [3.8, 4) is 0 Å². The van der Waals surface area contributed by atoms with Gasteiger partial charge in [-0.3, -0.25) is 24.4 Å². The fourth-order valence-electron chi connectivity index (χ4n) is 8.58. The highest BCUT2D eigenvalue weighted by Crippen LogP contribution is 2.27. The van der Waals surface area contributed by atoms with E-state index in [0.717, 1.165) is 83.2 Å². The lowest BCUT2D eigenvalue weighted by Gasteiger charge is -2.34. The number of likely N-dealkylation sites (tertiary alicyclic amines) is 1. The molecule has 4 aliphatic rings. The zero-order chi connectivity index (χ0) is 54.4. The van der Waals surface area contributed by atoms with Gasteiger partial charge in [0.25, 0.3) is 17.9 Å². The molecule has 2 fully saturated rings. The molecule has 19 nitrogen and oxygen atoms in total. The number of carbonyl (C=O) groups is 3. The number of rotatable bonds is 32. The van der Waals surface area contributed by atoms with Crippen molar-refractivity contribution in [1.82, 2.24) is 24.5 Å². The van der Waals surface area contributed by atoms with Crippen molar-refractivity contribution in [2.75, 3.05) is 138 Å². The van der Waals surface area contributed by atoms with Crippen molar-refractivity contribution >= 4 is 96.2 Å². The molecule has 4 rings (SSSR count). The fourth-order valence-corrected chi connectivity index (χ4v) is 17.9. The number of nitrogens with zero attached hydrogens (tertiary/aromatic N) is 7. The van der Waals surface area contributed by atoms with Crippen molar-refractivity contribution in [1.29, 1.82) is 0 Å². The van der Waals surface area contributed by atoms with Crippen LogP contribution in [-0.4, -0.2) is 225 Å². The SMILES string of the molecule is CC(=O)O[Si](CCCN1C=NCC1)(OC(C)=O)OC(C)=O.CCO[Si](CCCN1CCCCC1)(OCC)OCC.CCO[Si](CCCN1CCN(CC)CC1)(OCC)OCC.Cl[Si](Cl)(Cl)CCCN1C=NCC1. The summed E-state index contributed by atoms with van der Waals surface area (Å²) in [4.78, 5) is 53.7. The summed E-state index contributed by atoms with van der Waals surface area (Å²) in [6, 6.07) is 0.416. The Morgan fingerprint density at radius 1 is 0.438 bits per heavy atom. The highest BCUT2D eigenvalue weighted by molar-refractivity contribution is 7.64. The van der Waals surface area contributed by atoms with Crippen molar-refractivity contribution < 1.29 is 54.2 Å². The maximum atomic E-state index is 11.2. The molecule has 0 N–H and O–H groups in total.